The molecule has 0 aromatic heterocycles. The van der Waals surface area contributed by atoms with E-state index in [4.69, 9.17) is 14.6 Å². The molecule has 1 atom stereocenters. The number of carbonyl (C=O) groups is 2. The Morgan fingerprint density at radius 3 is 2.67 bits per heavy atom. The number of ether oxygens (including phenoxy) is 2. The smallest absolute Gasteiger partial charge is 0.326 e. The molecule has 1 N–H and O–H groups in total. The predicted octanol–water partition coefficient (Wildman–Crippen LogP) is 2.11. The van der Waals surface area contributed by atoms with E-state index in [9.17, 15) is 9.59 Å². The fourth-order valence-corrected chi connectivity index (χ4v) is 2.85. The lowest BCUT2D eigenvalue weighted by Gasteiger charge is -2.21. The molecule has 1 saturated heterocycles. The number of likely N-dealkylation sites (tertiary alicyclic amines) is 1. The number of aliphatic carboxylic acids is 1. The zero-order valence-corrected chi connectivity index (χ0v) is 14.1. The number of carbonyl (C=O) groups excluding carboxylic acids is 1. The summed E-state index contributed by atoms with van der Waals surface area (Å²) in [6, 6.07) is 7.17. The second-order valence-electron chi connectivity index (χ2n) is 5.92. The van der Waals surface area contributed by atoms with E-state index in [1.54, 1.807) is 7.11 Å². The molecule has 0 aliphatic carbocycles. The van der Waals surface area contributed by atoms with Gasteiger partial charge in [-0.15, -0.1) is 0 Å². The van der Waals surface area contributed by atoms with Gasteiger partial charge in [-0.05, 0) is 43.4 Å². The second kappa shape index (κ2) is 9.27. The van der Waals surface area contributed by atoms with Crippen LogP contribution in [0.4, 0.5) is 0 Å². The molecule has 2 rings (SSSR count). The van der Waals surface area contributed by atoms with Crippen molar-refractivity contribution in [3.8, 4) is 5.75 Å². The number of rotatable bonds is 9. The van der Waals surface area contributed by atoms with E-state index in [-0.39, 0.29) is 5.91 Å². The number of amides is 1. The minimum Gasteiger partial charge on any atom is -0.494 e. The van der Waals surface area contributed by atoms with Crippen LogP contribution in [-0.2, 0) is 20.7 Å². The second-order valence-corrected chi connectivity index (χ2v) is 5.92. The Morgan fingerprint density at radius 1 is 1.25 bits per heavy atom. The summed E-state index contributed by atoms with van der Waals surface area (Å²) >= 11 is 0. The Kier molecular flexibility index (Phi) is 7.06. The fourth-order valence-electron chi connectivity index (χ4n) is 2.85. The van der Waals surface area contributed by atoms with Crippen LogP contribution in [0, 0.1) is 0 Å². The highest BCUT2D eigenvalue weighted by molar-refractivity contribution is 5.84. The van der Waals surface area contributed by atoms with Gasteiger partial charge in [0, 0.05) is 20.1 Å². The first-order valence-electron chi connectivity index (χ1n) is 8.35. The summed E-state index contributed by atoms with van der Waals surface area (Å²) in [5.74, 6) is -0.239. The molecule has 1 fully saturated rings. The first kappa shape index (κ1) is 18.3. The van der Waals surface area contributed by atoms with E-state index >= 15 is 0 Å². The van der Waals surface area contributed by atoms with Crippen LogP contribution in [0.3, 0.4) is 0 Å². The van der Waals surface area contributed by atoms with Crippen molar-refractivity contribution < 1.29 is 24.2 Å². The molecule has 0 saturated carbocycles. The molecular formula is C18H25NO5. The van der Waals surface area contributed by atoms with Gasteiger partial charge in [-0.2, -0.15) is 0 Å². The third-order valence-corrected chi connectivity index (χ3v) is 4.18. The van der Waals surface area contributed by atoms with Gasteiger partial charge in [0.1, 0.15) is 11.8 Å². The largest absolute Gasteiger partial charge is 0.494 e. The molecule has 1 aromatic carbocycles. The third-order valence-electron chi connectivity index (χ3n) is 4.18. The molecule has 0 bridgehead atoms. The standard InChI is InChI=1S/C18H25NO5/c1-23-13-10-14-6-8-15(9-7-14)24-12-3-5-17(20)19-11-2-4-16(19)18(21)22/h6-9,16H,2-5,10-13H2,1H3,(H,21,22)/t16-/m1/s1. The van der Waals surface area contributed by atoms with Gasteiger partial charge < -0.3 is 19.5 Å². The van der Waals surface area contributed by atoms with Crippen LogP contribution in [0.1, 0.15) is 31.2 Å². The summed E-state index contributed by atoms with van der Waals surface area (Å²) in [6.07, 6.45) is 3.07. The molecule has 0 radical (unpaired) electrons. The Morgan fingerprint density at radius 2 is 2.00 bits per heavy atom. The van der Waals surface area contributed by atoms with Gasteiger partial charge in [-0.3, -0.25) is 4.79 Å². The van der Waals surface area contributed by atoms with Crippen LogP contribution in [0.5, 0.6) is 5.75 Å². The highest BCUT2D eigenvalue weighted by atomic mass is 16.5. The van der Waals surface area contributed by atoms with E-state index in [1.165, 1.54) is 10.5 Å². The SMILES string of the molecule is COCCc1ccc(OCCCC(=O)N2CCC[C@@H]2C(=O)O)cc1. The molecule has 1 heterocycles. The summed E-state index contributed by atoms with van der Waals surface area (Å²) in [4.78, 5) is 24.7. The van der Waals surface area contributed by atoms with Gasteiger partial charge in [0.15, 0.2) is 0 Å². The number of methoxy groups -OCH3 is 1. The molecule has 1 aliphatic rings. The first-order chi connectivity index (χ1) is 11.6. The van der Waals surface area contributed by atoms with Gasteiger partial charge in [-0.1, -0.05) is 12.1 Å². The van der Waals surface area contributed by atoms with E-state index in [0.717, 1.165) is 18.6 Å². The quantitative estimate of drug-likeness (QED) is 0.700. The van der Waals surface area contributed by atoms with Crippen molar-refractivity contribution in [2.75, 3.05) is 26.9 Å². The van der Waals surface area contributed by atoms with Crippen LogP contribution >= 0.6 is 0 Å². The van der Waals surface area contributed by atoms with Crippen LogP contribution < -0.4 is 4.74 Å². The van der Waals surface area contributed by atoms with Crippen molar-refractivity contribution in [1.29, 1.82) is 0 Å². The topological polar surface area (TPSA) is 76.1 Å². The lowest BCUT2D eigenvalue weighted by molar-refractivity contribution is -0.148. The van der Waals surface area contributed by atoms with E-state index < -0.39 is 12.0 Å². The Labute approximate surface area is 142 Å². The lowest BCUT2D eigenvalue weighted by atomic mass is 10.1. The maximum Gasteiger partial charge on any atom is 0.326 e. The summed E-state index contributed by atoms with van der Waals surface area (Å²) in [5, 5.41) is 9.10. The maximum absolute atomic E-state index is 12.1. The lowest BCUT2D eigenvalue weighted by Crippen LogP contribution is -2.40. The average molecular weight is 335 g/mol. The van der Waals surface area contributed by atoms with Gasteiger partial charge in [0.2, 0.25) is 5.91 Å². The van der Waals surface area contributed by atoms with Crippen LogP contribution in [0.25, 0.3) is 0 Å². The minimum absolute atomic E-state index is 0.0987. The van der Waals surface area contributed by atoms with Crippen molar-refractivity contribution in [2.24, 2.45) is 0 Å². The molecule has 132 valence electrons. The van der Waals surface area contributed by atoms with E-state index in [1.807, 2.05) is 24.3 Å². The third kappa shape index (κ3) is 5.23. The molecular weight excluding hydrogens is 310 g/mol. The summed E-state index contributed by atoms with van der Waals surface area (Å²) < 4.78 is 10.7. The molecule has 24 heavy (non-hydrogen) atoms. The molecule has 6 nitrogen and oxygen atoms in total. The van der Waals surface area contributed by atoms with Gasteiger partial charge in [0.25, 0.3) is 0 Å². The van der Waals surface area contributed by atoms with Crippen molar-refractivity contribution >= 4 is 11.9 Å². The Bertz CT molecular complexity index is 543. The Balaban J connectivity index is 1.69. The monoisotopic (exact) mass is 335 g/mol. The Hall–Kier alpha value is -2.08. The summed E-state index contributed by atoms with van der Waals surface area (Å²) in [5.41, 5.74) is 1.19. The molecule has 1 amide bonds. The van der Waals surface area contributed by atoms with Crippen LogP contribution in [-0.4, -0.2) is 54.8 Å². The normalized spacial score (nSPS) is 17.0. The highest BCUT2D eigenvalue weighted by Gasteiger charge is 2.33. The summed E-state index contributed by atoms with van der Waals surface area (Å²) in [6.45, 7) is 1.67. The number of hydrogen-bond donors (Lipinski definition) is 1. The molecule has 0 unspecified atom stereocenters. The van der Waals surface area contributed by atoms with E-state index in [0.29, 0.717) is 39.0 Å². The first-order valence-corrected chi connectivity index (χ1v) is 8.35. The number of nitrogens with zero attached hydrogens (tertiary/aromatic N) is 1. The van der Waals surface area contributed by atoms with Gasteiger partial charge in [-0.25, -0.2) is 4.79 Å². The zero-order chi connectivity index (χ0) is 17.4. The molecule has 1 aromatic rings. The van der Waals surface area contributed by atoms with E-state index in [2.05, 4.69) is 0 Å². The molecule has 0 spiro atoms. The van der Waals surface area contributed by atoms with Gasteiger partial charge >= 0.3 is 5.97 Å². The predicted molar refractivity (Wildman–Crippen MR) is 89.1 cm³/mol. The number of benzene rings is 1. The zero-order valence-electron chi connectivity index (χ0n) is 14.1. The van der Waals surface area contributed by atoms with Crippen LogP contribution in [0.2, 0.25) is 0 Å². The fraction of sp³-hybridized carbons (Fsp3) is 0.556. The number of carboxylic acid groups (broad SMARTS) is 1. The highest BCUT2D eigenvalue weighted by Crippen LogP contribution is 2.19. The van der Waals surface area contributed by atoms with Crippen molar-refractivity contribution in [2.45, 2.75) is 38.1 Å². The molecule has 6 heteroatoms. The summed E-state index contributed by atoms with van der Waals surface area (Å²) in [7, 11) is 1.68. The number of hydrogen-bond acceptors (Lipinski definition) is 4. The van der Waals surface area contributed by atoms with Gasteiger partial charge in [0.05, 0.1) is 13.2 Å². The van der Waals surface area contributed by atoms with Crippen LogP contribution in [0.15, 0.2) is 24.3 Å². The van der Waals surface area contributed by atoms with Crippen molar-refractivity contribution in [1.82, 2.24) is 4.90 Å². The number of carboxylic acids is 1. The van der Waals surface area contributed by atoms with Crippen molar-refractivity contribution in [3.63, 3.8) is 0 Å². The molecule has 1 aliphatic heterocycles. The minimum atomic E-state index is -0.911. The average Bonchev–Trinajstić information content (AvgIpc) is 3.08. The maximum atomic E-state index is 12.1. The van der Waals surface area contributed by atoms with Crippen molar-refractivity contribution in [3.05, 3.63) is 29.8 Å².